The maximum atomic E-state index is 12.5. The first kappa shape index (κ1) is 20.2. The van der Waals surface area contributed by atoms with Crippen molar-refractivity contribution in [2.24, 2.45) is 0 Å². The van der Waals surface area contributed by atoms with Crippen LogP contribution < -0.4 is 11.1 Å². The van der Waals surface area contributed by atoms with Crippen molar-refractivity contribution >= 4 is 29.4 Å². The Labute approximate surface area is 148 Å². The maximum absolute atomic E-state index is 12.5. The molecule has 6 nitrogen and oxygen atoms in total. The molecular weight excluding hydrogens is 326 g/mol. The van der Waals surface area contributed by atoms with E-state index in [0.29, 0.717) is 31.8 Å². The number of ether oxygens (including phenoxy) is 1. The smallest absolute Gasteiger partial charge is 0.328 e. The van der Waals surface area contributed by atoms with Gasteiger partial charge in [0.15, 0.2) is 0 Å². The highest BCUT2D eigenvalue weighted by Gasteiger charge is 2.24. The van der Waals surface area contributed by atoms with Gasteiger partial charge in [-0.05, 0) is 50.0 Å². The van der Waals surface area contributed by atoms with Crippen molar-refractivity contribution in [1.82, 2.24) is 10.2 Å². The number of nitrogens with two attached hydrogens (primary N) is 1. The number of nitrogens with zero attached hydrogens (tertiary/aromatic N) is 1. The molecule has 134 valence electrons. The Morgan fingerprint density at radius 3 is 2.50 bits per heavy atom. The van der Waals surface area contributed by atoms with Gasteiger partial charge in [-0.15, -0.1) is 0 Å². The Bertz CT molecular complexity index is 522. The lowest BCUT2D eigenvalue weighted by Crippen LogP contribution is -2.48. The summed E-state index contributed by atoms with van der Waals surface area (Å²) in [5.74, 6) is 0.386. The first-order valence-corrected chi connectivity index (χ1v) is 9.46. The fourth-order valence-corrected chi connectivity index (χ4v) is 2.61. The fourth-order valence-electron chi connectivity index (χ4n) is 2.14. The van der Waals surface area contributed by atoms with Crippen LogP contribution in [-0.2, 0) is 16.1 Å². The highest BCUT2D eigenvalue weighted by Crippen LogP contribution is 2.10. The van der Waals surface area contributed by atoms with Crippen LogP contribution in [0.15, 0.2) is 24.3 Å². The lowest BCUT2D eigenvalue weighted by Gasteiger charge is -2.25. The van der Waals surface area contributed by atoms with Crippen molar-refractivity contribution in [3.63, 3.8) is 0 Å². The summed E-state index contributed by atoms with van der Waals surface area (Å²) in [4.78, 5) is 26.2. The van der Waals surface area contributed by atoms with E-state index in [2.05, 4.69) is 5.32 Å². The minimum Gasteiger partial charge on any atom is -0.464 e. The summed E-state index contributed by atoms with van der Waals surface area (Å²) in [5, 5.41) is 2.79. The van der Waals surface area contributed by atoms with Gasteiger partial charge in [0.2, 0.25) is 0 Å². The molecule has 2 amide bonds. The van der Waals surface area contributed by atoms with E-state index in [1.165, 1.54) is 0 Å². The fraction of sp³-hybridized carbons (Fsp3) is 0.529. The van der Waals surface area contributed by atoms with E-state index in [9.17, 15) is 9.59 Å². The molecule has 0 aromatic heterocycles. The van der Waals surface area contributed by atoms with Crippen LogP contribution in [0.5, 0.6) is 0 Å². The van der Waals surface area contributed by atoms with Crippen LogP contribution >= 0.6 is 11.8 Å². The first-order valence-electron chi connectivity index (χ1n) is 8.07. The van der Waals surface area contributed by atoms with Gasteiger partial charge in [0.1, 0.15) is 6.04 Å². The largest absolute Gasteiger partial charge is 0.464 e. The Kier molecular flexibility index (Phi) is 9.07. The number of thioether (sulfide) groups is 1. The number of carbonyl (C=O) groups is 2. The molecule has 0 unspecified atom stereocenters. The molecule has 0 spiro atoms. The molecule has 1 rings (SSSR count). The zero-order valence-corrected chi connectivity index (χ0v) is 15.4. The van der Waals surface area contributed by atoms with Gasteiger partial charge in [-0.1, -0.05) is 12.1 Å². The van der Waals surface area contributed by atoms with Gasteiger partial charge < -0.3 is 20.7 Å². The van der Waals surface area contributed by atoms with Crippen molar-refractivity contribution in [3.05, 3.63) is 29.8 Å². The highest BCUT2D eigenvalue weighted by atomic mass is 32.2. The molecule has 0 aliphatic carbocycles. The molecule has 0 saturated heterocycles. The number of nitrogen functional groups attached to an aromatic ring is 1. The zero-order chi connectivity index (χ0) is 17.9. The Hall–Kier alpha value is -1.89. The number of benzene rings is 1. The van der Waals surface area contributed by atoms with Crippen LogP contribution in [0.25, 0.3) is 0 Å². The standard InChI is InChI=1S/C17H27N3O3S/c1-4-20(12-13-6-8-14(18)9-7-13)17(22)19-15(10-11-24-3)16(21)23-5-2/h6-9,15H,4-5,10-12,18H2,1-3H3,(H,19,22)/t15-/m0/s1. The van der Waals surface area contributed by atoms with Crippen molar-refractivity contribution in [3.8, 4) is 0 Å². The minimum atomic E-state index is -0.620. The molecule has 0 aliphatic heterocycles. The third kappa shape index (κ3) is 6.70. The van der Waals surface area contributed by atoms with Gasteiger partial charge in [0.05, 0.1) is 6.61 Å². The second-order valence-corrected chi connectivity index (χ2v) is 6.28. The van der Waals surface area contributed by atoms with Gasteiger partial charge in [-0.2, -0.15) is 11.8 Å². The van der Waals surface area contributed by atoms with Gasteiger partial charge in [0.25, 0.3) is 0 Å². The van der Waals surface area contributed by atoms with Crippen LogP contribution in [0.3, 0.4) is 0 Å². The Balaban J connectivity index is 2.70. The van der Waals surface area contributed by atoms with Gasteiger partial charge in [0, 0.05) is 18.8 Å². The maximum Gasteiger partial charge on any atom is 0.328 e. The number of urea groups is 1. The van der Waals surface area contributed by atoms with E-state index in [1.807, 2.05) is 25.3 Å². The molecule has 0 radical (unpaired) electrons. The van der Waals surface area contributed by atoms with Crippen molar-refractivity contribution in [1.29, 1.82) is 0 Å². The molecule has 24 heavy (non-hydrogen) atoms. The van der Waals surface area contributed by atoms with Crippen molar-refractivity contribution < 1.29 is 14.3 Å². The molecule has 0 saturated carbocycles. The quantitative estimate of drug-likeness (QED) is 0.526. The molecule has 1 atom stereocenters. The SMILES string of the molecule is CCOC(=O)[C@H](CCSC)NC(=O)N(CC)Cc1ccc(N)cc1. The lowest BCUT2D eigenvalue weighted by atomic mass is 10.2. The summed E-state index contributed by atoms with van der Waals surface area (Å²) in [6, 6.07) is 6.50. The van der Waals surface area contributed by atoms with E-state index < -0.39 is 6.04 Å². The van der Waals surface area contributed by atoms with Crippen LogP contribution in [0, 0.1) is 0 Å². The summed E-state index contributed by atoms with van der Waals surface area (Å²) < 4.78 is 5.05. The van der Waals surface area contributed by atoms with Crippen molar-refractivity contribution in [2.75, 3.05) is 30.9 Å². The van der Waals surface area contributed by atoms with Crippen LogP contribution in [-0.4, -0.2) is 48.1 Å². The number of carbonyl (C=O) groups excluding carboxylic acids is 2. The third-order valence-electron chi connectivity index (χ3n) is 3.50. The number of hydrogen-bond donors (Lipinski definition) is 2. The summed E-state index contributed by atoms with van der Waals surface area (Å²) >= 11 is 1.63. The van der Waals surface area contributed by atoms with E-state index in [1.54, 1.807) is 35.7 Å². The summed E-state index contributed by atoms with van der Waals surface area (Å²) in [5.41, 5.74) is 7.35. The van der Waals surface area contributed by atoms with Crippen LogP contribution in [0.1, 0.15) is 25.8 Å². The van der Waals surface area contributed by atoms with E-state index in [4.69, 9.17) is 10.5 Å². The monoisotopic (exact) mass is 353 g/mol. The molecule has 0 bridgehead atoms. The number of esters is 1. The topological polar surface area (TPSA) is 84.7 Å². The van der Waals surface area contributed by atoms with Gasteiger partial charge >= 0.3 is 12.0 Å². The minimum absolute atomic E-state index is 0.270. The average molecular weight is 353 g/mol. The zero-order valence-electron chi connectivity index (χ0n) is 14.6. The molecule has 0 heterocycles. The predicted octanol–water partition coefficient (Wildman–Crippen LogP) is 2.49. The van der Waals surface area contributed by atoms with E-state index in [-0.39, 0.29) is 12.0 Å². The van der Waals surface area contributed by atoms with E-state index >= 15 is 0 Å². The Morgan fingerprint density at radius 1 is 1.29 bits per heavy atom. The lowest BCUT2D eigenvalue weighted by molar-refractivity contribution is -0.145. The predicted molar refractivity (Wildman–Crippen MR) is 98.9 cm³/mol. The van der Waals surface area contributed by atoms with Crippen LogP contribution in [0.4, 0.5) is 10.5 Å². The number of anilines is 1. The summed E-state index contributed by atoms with van der Waals surface area (Å²) in [6.45, 7) is 4.95. The normalized spacial score (nSPS) is 11.6. The molecule has 3 N–H and O–H groups in total. The number of nitrogens with one attached hydrogen (secondary N) is 1. The number of amides is 2. The summed E-state index contributed by atoms with van der Waals surface area (Å²) in [6.07, 6.45) is 2.51. The second-order valence-electron chi connectivity index (χ2n) is 5.29. The number of rotatable bonds is 9. The van der Waals surface area contributed by atoms with Gasteiger partial charge in [-0.3, -0.25) is 0 Å². The first-order chi connectivity index (χ1) is 11.5. The average Bonchev–Trinajstić information content (AvgIpc) is 2.58. The molecule has 0 aliphatic rings. The van der Waals surface area contributed by atoms with Crippen LogP contribution in [0.2, 0.25) is 0 Å². The van der Waals surface area contributed by atoms with Gasteiger partial charge in [-0.25, -0.2) is 9.59 Å². The molecular formula is C17H27N3O3S. The molecule has 1 aromatic rings. The molecule has 7 heteroatoms. The molecule has 1 aromatic carbocycles. The third-order valence-corrected chi connectivity index (χ3v) is 4.15. The van der Waals surface area contributed by atoms with Crippen molar-refractivity contribution in [2.45, 2.75) is 32.9 Å². The van der Waals surface area contributed by atoms with E-state index in [0.717, 1.165) is 11.3 Å². The second kappa shape index (κ2) is 10.8. The molecule has 0 fully saturated rings. The summed E-state index contributed by atoms with van der Waals surface area (Å²) in [7, 11) is 0. The Morgan fingerprint density at radius 2 is 1.96 bits per heavy atom. The highest BCUT2D eigenvalue weighted by molar-refractivity contribution is 7.98. The number of hydrogen-bond acceptors (Lipinski definition) is 5.